The van der Waals surface area contributed by atoms with E-state index in [9.17, 15) is 13.2 Å². The third-order valence-electron chi connectivity index (χ3n) is 3.62. The summed E-state index contributed by atoms with van der Waals surface area (Å²) in [5, 5.41) is 0.202. The van der Waals surface area contributed by atoms with Crippen LogP contribution in [0.15, 0.2) is 35.2 Å². The molecule has 120 valence electrons. The van der Waals surface area contributed by atoms with Crippen molar-refractivity contribution in [2.75, 3.05) is 25.2 Å². The van der Waals surface area contributed by atoms with Crippen LogP contribution < -0.4 is 0 Å². The van der Waals surface area contributed by atoms with Gasteiger partial charge in [0.25, 0.3) is 0 Å². The average molecular weight is 362 g/mol. The van der Waals surface area contributed by atoms with Crippen LogP contribution in [0.5, 0.6) is 0 Å². The van der Waals surface area contributed by atoms with Crippen molar-refractivity contribution in [2.24, 2.45) is 0 Å². The molecular weight excluding hydrogens is 345 g/mol. The molecule has 1 aromatic rings. The summed E-state index contributed by atoms with van der Waals surface area (Å²) >= 11 is 11.6. The van der Waals surface area contributed by atoms with Gasteiger partial charge in [-0.15, -0.1) is 11.6 Å². The molecule has 0 aliphatic carbocycles. The van der Waals surface area contributed by atoms with Crippen LogP contribution in [-0.2, 0) is 14.6 Å². The number of amides is 1. The van der Waals surface area contributed by atoms with Crippen LogP contribution in [-0.4, -0.2) is 44.5 Å². The fraction of sp³-hybridized carbons (Fsp3) is 0.400. The van der Waals surface area contributed by atoms with Crippen LogP contribution in [0.4, 0.5) is 0 Å². The van der Waals surface area contributed by atoms with Gasteiger partial charge in [0.1, 0.15) is 0 Å². The summed E-state index contributed by atoms with van der Waals surface area (Å²) < 4.78 is 23.1. The molecule has 1 atom stereocenters. The Morgan fingerprint density at radius 3 is 2.68 bits per heavy atom. The van der Waals surface area contributed by atoms with E-state index in [1.165, 1.54) is 6.07 Å². The molecule has 2 rings (SSSR count). The molecule has 1 aliphatic rings. The van der Waals surface area contributed by atoms with Crippen molar-refractivity contribution >= 4 is 38.9 Å². The number of nitrogens with zero attached hydrogens (tertiary/aromatic N) is 1. The number of benzene rings is 1. The smallest absolute Gasteiger partial charge is 0.223 e. The summed E-state index contributed by atoms with van der Waals surface area (Å²) in [5.74, 6) is 0.532. The van der Waals surface area contributed by atoms with Crippen molar-refractivity contribution in [2.45, 2.75) is 17.2 Å². The Kier molecular flexibility index (Phi) is 5.53. The number of rotatable bonds is 5. The third kappa shape index (κ3) is 4.03. The molecule has 1 amide bonds. The van der Waals surface area contributed by atoms with E-state index in [4.69, 9.17) is 23.2 Å². The maximum absolute atomic E-state index is 12.0. The van der Waals surface area contributed by atoms with Gasteiger partial charge in [-0.25, -0.2) is 8.42 Å². The average Bonchev–Trinajstić information content (AvgIpc) is 2.79. The molecule has 22 heavy (non-hydrogen) atoms. The highest BCUT2D eigenvalue weighted by atomic mass is 35.5. The molecule has 0 radical (unpaired) electrons. The Bertz CT molecular complexity index is 701. The Hall–Kier alpha value is -1.04. The summed E-state index contributed by atoms with van der Waals surface area (Å²) in [6.07, 6.45) is 5.20. The molecule has 1 heterocycles. The van der Waals surface area contributed by atoms with E-state index in [2.05, 4.69) is 0 Å². The highest BCUT2D eigenvalue weighted by Crippen LogP contribution is 2.32. The van der Waals surface area contributed by atoms with Crippen LogP contribution in [0.25, 0.3) is 0 Å². The predicted octanol–water partition coefficient (Wildman–Crippen LogP) is 2.85. The van der Waals surface area contributed by atoms with Gasteiger partial charge >= 0.3 is 0 Å². The van der Waals surface area contributed by atoms with Gasteiger partial charge in [0.05, 0.1) is 9.92 Å². The molecule has 7 heteroatoms. The van der Waals surface area contributed by atoms with Gasteiger partial charge in [0.2, 0.25) is 5.91 Å². The molecule has 0 spiro atoms. The molecule has 4 nitrogen and oxygen atoms in total. The zero-order chi connectivity index (χ0) is 16.3. The minimum Gasteiger partial charge on any atom is -0.338 e. The number of sulfone groups is 1. The van der Waals surface area contributed by atoms with E-state index in [-0.39, 0.29) is 21.7 Å². The number of likely N-dealkylation sites (tertiary alicyclic amines) is 1. The standard InChI is InChI=1S/C15H17Cl2NO3S/c1-22(20,21)14-5-4-11(8-13(14)17)12-9-15(19)18(10-12)7-3-2-6-16/h2-5,8,12H,6-7,9-10H2,1H3/b3-2-. The molecule has 1 aliphatic heterocycles. The fourth-order valence-electron chi connectivity index (χ4n) is 2.51. The quantitative estimate of drug-likeness (QED) is 0.598. The van der Waals surface area contributed by atoms with E-state index >= 15 is 0 Å². The van der Waals surface area contributed by atoms with Crippen LogP contribution >= 0.6 is 23.2 Å². The largest absolute Gasteiger partial charge is 0.338 e. The number of hydrogen-bond acceptors (Lipinski definition) is 3. The minimum absolute atomic E-state index is 0.0306. The van der Waals surface area contributed by atoms with E-state index in [1.807, 2.05) is 6.08 Å². The molecule has 1 fully saturated rings. The zero-order valence-electron chi connectivity index (χ0n) is 12.1. The van der Waals surface area contributed by atoms with Gasteiger partial charge in [0.15, 0.2) is 9.84 Å². The number of allylic oxidation sites excluding steroid dienone is 1. The number of hydrogen-bond donors (Lipinski definition) is 0. The highest BCUT2D eigenvalue weighted by Gasteiger charge is 2.30. The second-order valence-electron chi connectivity index (χ2n) is 5.29. The molecule has 0 aromatic heterocycles. The minimum atomic E-state index is -3.34. The lowest BCUT2D eigenvalue weighted by Gasteiger charge is -2.15. The van der Waals surface area contributed by atoms with Gasteiger partial charge in [-0.05, 0) is 17.7 Å². The summed E-state index contributed by atoms with van der Waals surface area (Å²) in [5.41, 5.74) is 0.884. The first-order valence-electron chi connectivity index (χ1n) is 6.81. The van der Waals surface area contributed by atoms with Gasteiger partial charge in [-0.2, -0.15) is 0 Å². The summed E-state index contributed by atoms with van der Waals surface area (Å²) in [7, 11) is -3.34. The van der Waals surface area contributed by atoms with Gasteiger partial charge in [-0.3, -0.25) is 4.79 Å². The lowest BCUT2D eigenvalue weighted by Crippen LogP contribution is -2.25. The molecule has 1 saturated heterocycles. The molecule has 0 saturated carbocycles. The second kappa shape index (κ2) is 7.02. The normalized spacial score (nSPS) is 19.3. The van der Waals surface area contributed by atoms with Crippen molar-refractivity contribution in [3.8, 4) is 0 Å². The lowest BCUT2D eigenvalue weighted by molar-refractivity contribution is -0.127. The Balaban J connectivity index is 2.15. The van der Waals surface area contributed by atoms with Crippen molar-refractivity contribution in [3.05, 3.63) is 40.9 Å². The van der Waals surface area contributed by atoms with E-state index < -0.39 is 9.84 Å². The zero-order valence-corrected chi connectivity index (χ0v) is 14.5. The number of carbonyl (C=O) groups excluding carboxylic acids is 1. The molecule has 1 unspecified atom stereocenters. The van der Waals surface area contributed by atoms with E-state index in [0.29, 0.717) is 25.4 Å². The van der Waals surface area contributed by atoms with Crippen molar-refractivity contribution in [1.29, 1.82) is 0 Å². The summed E-state index contributed by atoms with van der Waals surface area (Å²) in [6, 6.07) is 4.89. The first-order chi connectivity index (χ1) is 10.3. The molecule has 0 bridgehead atoms. The predicted molar refractivity (Wildman–Crippen MR) is 88.4 cm³/mol. The monoisotopic (exact) mass is 361 g/mol. The van der Waals surface area contributed by atoms with Crippen LogP contribution in [0.1, 0.15) is 17.9 Å². The number of halogens is 2. The highest BCUT2D eigenvalue weighted by molar-refractivity contribution is 7.90. The first-order valence-corrected chi connectivity index (χ1v) is 9.61. The lowest BCUT2D eigenvalue weighted by atomic mass is 9.98. The van der Waals surface area contributed by atoms with Crippen LogP contribution in [0.3, 0.4) is 0 Å². The maximum Gasteiger partial charge on any atom is 0.223 e. The van der Waals surface area contributed by atoms with Gasteiger partial charge in [-0.1, -0.05) is 29.8 Å². The van der Waals surface area contributed by atoms with E-state index in [0.717, 1.165) is 11.8 Å². The van der Waals surface area contributed by atoms with Gasteiger partial charge in [0, 0.05) is 37.6 Å². The van der Waals surface area contributed by atoms with E-state index in [1.54, 1.807) is 23.1 Å². The van der Waals surface area contributed by atoms with Gasteiger partial charge < -0.3 is 4.90 Å². The molecule has 1 aromatic carbocycles. The number of alkyl halides is 1. The third-order valence-corrected chi connectivity index (χ3v) is 5.38. The molecular formula is C15H17Cl2NO3S. The topological polar surface area (TPSA) is 54.5 Å². The van der Waals surface area contributed by atoms with Crippen molar-refractivity contribution in [3.63, 3.8) is 0 Å². The number of carbonyl (C=O) groups is 1. The van der Waals surface area contributed by atoms with Crippen molar-refractivity contribution in [1.82, 2.24) is 4.90 Å². The SMILES string of the molecule is CS(=O)(=O)c1ccc(C2CC(=O)N(C/C=C\CCl)C2)cc1Cl. The van der Waals surface area contributed by atoms with Crippen LogP contribution in [0.2, 0.25) is 5.02 Å². The van der Waals surface area contributed by atoms with Crippen LogP contribution in [0, 0.1) is 0 Å². The first kappa shape index (κ1) is 17.3. The maximum atomic E-state index is 12.0. The Morgan fingerprint density at radius 1 is 1.36 bits per heavy atom. The fourth-order valence-corrected chi connectivity index (χ4v) is 3.97. The Labute approximate surface area is 140 Å². The summed E-state index contributed by atoms with van der Waals surface area (Å²) in [6.45, 7) is 1.14. The van der Waals surface area contributed by atoms with Crippen molar-refractivity contribution < 1.29 is 13.2 Å². The Morgan fingerprint density at radius 2 is 2.09 bits per heavy atom. The summed E-state index contributed by atoms with van der Waals surface area (Å²) in [4.78, 5) is 13.9. The molecule has 0 N–H and O–H groups in total. The second-order valence-corrected chi connectivity index (χ2v) is 7.99.